The molecule has 0 amide bonds. The molecule has 3 rings (SSSR count). The maximum atomic E-state index is 11.8. The Morgan fingerprint density at radius 3 is 2.88 bits per heavy atom. The molecule has 1 aromatic heterocycles. The molecule has 1 fully saturated rings. The summed E-state index contributed by atoms with van der Waals surface area (Å²) in [6.45, 7) is 0.855. The molecular formula is C14H18N2O. The predicted molar refractivity (Wildman–Crippen MR) is 67.4 cm³/mol. The number of rotatable bonds is 1. The molecule has 3 heteroatoms. The van der Waals surface area contributed by atoms with E-state index < -0.39 is 0 Å². The molecule has 0 spiro atoms. The highest BCUT2D eigenvalue weighted by atomic mass is 16.1. The van der Waals surface area contributed by atoms with Crippen molar-refractivity contribution < 1.29 is 4.79 Å². The summed E-state index contributed by atoms with van der Waals surface area (Å²) in [6, 6.07) is 4.38. The first-order chi connectivity index (χ1) is 8.36. The second kappa shape index (κ2) is 4.47. The standard InChI is InChI=1S/C14H18N2O/c17-13-8-10-16(11-5-2-1-3-6-11)14-12(13)7-4-9-15-14/h4,7,9,11H,1-3,5-6,8,10H2. The quantitative estimate of drug-likeness (QED) is 0.743. The van der Waals surface area contributed by atoms with Crippen LogP contribution in [0.25, 0.3) is 0 Å². The first kappa shape index (κ1) is 10.8. The Labute approximate surface area is 102 Å². The van der Waals surface area contributed by atoms with Crippen molar-refractivity contribution in [3.8, 4) is 0 Å². The second-order valence-electron chi connectivity index (χ2n) is 5.03. The van der Waals surface area contributed by atoms with Crippen LogP contribution in [0.2, 0.25) is 0 Å². The van der Waals surface area contributed by atoms with Crippen molar-refractivity contribution in [2.24, 2.45) is 0 Å². The number of fused-ring (bicyclic) bond motifs is 1. The minimum absolute atomic E-state index is 0.250. The SMILES string of the molecule is O=C1CCN(C2CCCCC2)c2ncccc21. The van der Waals surface area contributed by atoms with Crippen molar-refractivity contribution in [2.45, 2.75) is 44.6 Å². The molecule has 0 saturated heterocycles. The molecule has 17 heavy (non-hydrogen) atoms. The zero-order chi connectivity index (χ0) is 11.7. The van der Waals surface area contributed by atoms with Crippen LogP contribution in [0.4, 0.5) is 5.82 Å². The first-order valence-electron chi connectivity index (χ1n) is 6.61. The Hall–Kier alpha value is -1.38. The molecule has 0 radical (unpaired) electrons. The molecule has 1 saturated carbocycles. The molecule has 1 aliphatic heterocycles. The number of aromatic nitrogens is 1. The minimum Gasteiger partial charge on any atom is -0.353 e. The highest BCUT2D eigenvalue weighted by molar-refractivity contribution is 6.02. The van der Waals surface area contributed by atoms with Gasteiger partial charge in [-0.1, -0.05) is 19.3 Å². The first-order valence-corrected chi connectivity index (χ1v) is 6.61. The lowest BCUT2D eigenvalue weighted by Gasteiger charge is -2.38. The van der Waals surface area contributed by atoms with Gasteiger partial charge in [0.1, 0.15) is 5.82 Å². The summed E-state index contributed by atoms with van der Waals surface area (Å²) >= 11 is 0. The van der Waals surface area contributed by atoms with Gasteiger partial charge >= 0.3 is 0 Å². The van der Waals surface area contributed by atoms with Gasteiger partial charge in [-0.15, -0.1) is 0 Å². The maximum Gasteiger partial charge on any atom is 0.168 e. The molecule has 2 aliphatic rings. The van der Waals surface area contributed by atoms with Gasteiger partial charge in [-0.25, -0.2) is 4.98 Å². The van der Waals surface area contributed by atoms with Gasteiger partial charge in [-0.05, 0) is 25.0 Å². The van der Waals surface area contributed by atoms with Gasteiger partial charge < -0.3 is 4.90 Å². The number of carbonyl (C=O) groups is 1. The molecule has 3 nitrogen and oxygen atoms in total. The highest BCUT2D eigenvalue weighted by Crippen LogP contribution is 2.31. The third kappa shape index (κ3) is 1.94. The molecule has 2 heterocycles. The van der Waals surface area contributed by atoms with E-state index in [1.807, 2.05) is 12.1 Å². The monoisotopic (exact) mass is 230 g/mol. The Bertz CT molecular complexity index is 424. The Balaban J connectivity index is 1.91. The van der Waals surface area contributed by atoms with Crippen LogP contribution < -0.4 is 4.90 Å². The van der Waals surface area contributed by atoms with Crippen molar-refractivity contribution in [1.82, 2.24) is 4.98 Å². The predicted octanol–water partition coefficient (Wildman–Crippen LogP) is 2.81. The van der Waals surface area contributed by atoms with E-state index in [9.17, 15) is 4.79 Å². The summed E-state index contributed by atoms with van der Waals surface area (Å²) in [5.74, 6) is 1.18. The number of ketones is 1. The van der Waals surface area contributed by atoms with Gasteiger partial charge in [0.05, 0.1) is 5.56 Å². The van der Waals surface area contributed by atoms with E-state index in [0.29, 0.717) is 12.5 Å². The number of carbonyl (C=O) groups excluding carboxylic acids is 1. The van der Waals surface area contributed by atoms with Crippen LogP contribution in [-0.2, 0) is 0 Å². The lowest BCUT2D eigenvalue weighted by molar-refractivity contribution is 0.0977. The summed E-state index contributed by atoms with van der Waals surface area (Å²) in [5.41, 5.74) is 0.823. The fraction of sp³-hybridized carbons (Fsp3) is 0.571. The van der Waals surface area contributed by atoms with Crippen molar-refractivity contribution in [3.05, 3.63) is 23.9 Å². The van der Waals surface area contributed by atoms with Crippen LogP contribution in [0.3, 0.4) is 0 Å². The highest BCUT2D eigenvalue weighted by Gasteiger charge is 2.29. The largest absolute Gasteiger partial charge is 0.353 e. The Morgan fingerprint density at radius 2 is 2.06 bits per heavy atom. The van der Waals surface area contributed by atoms with Gasteiger partial charge in [0.25, 0.3) is 0 Å². The van der Waals surface area contributed by atoms with Gasteiger partial charge in [-0.2, -0.15) is 0 Å². The van der Waals surface area contributed by atoms with Crippen molar-refractivity contribution >= 4 is 11.6 Å². The van der Waals surface area contributed by atoms with E-state index in [2.05, 4.69) is 9.88 Å². The number of Topliss-reactive ketones (excluding diaryl/α,β-unsaturated/α-hetero) is 1. The van der Waals surface area contributed by atoms with Gasteiger partial charge in [0.15, 0.2) is 5.78 Å². The molecule has 0 atom stereocenters. The molecule has 0 unspecified atom stereocenters. The fourth-order valence-electron chi connectivity index (χ4n) is 3.05. The molecule has 1 aliphatic carbocycles. The lowest BCUT2D eigenvalue weighted by atomic mass is 9.92. The van der Waals surface area contributed by atoms with E-state index in [1.54, 1.807) is 6.20 Å². The topological polar surface area (TPSA) is 33.2 Å². The van der Waals surface area contributed by atoms with Crippen LogP contribution in [0, 0.1) is 0 Å². The summed E-state index contributed by atoms with van der Waals surface area (Å²) in [7, 11) is 0. The van der Waals surface area contributed by atoms with E-state index in [-0.39, 0.29) is 5.78 Å². The molecular weight excluding hydrogens is 212 g/mol. The van der Waals surface area contributed by atoms with Gasteiger partial charge in [-0.3, -0.25) is 4.79 Å². The number of hydrogen-bond acceptors (Lipinski definition) is 3. The molecule has 1 aromatic rings. The smallest absolute Gasteiger partial charge is 0.168 e. The average Bonchev–Trinajstić information content (AvgIpc) is 2.41. The molecule has 0 aromatic carbocycles. The van der Waals surface area contributed by atoms with Gasteiger partial charge in [0.2, 0.25) is 0 Å². The van der Waals surface area contributed by atoms with Crippen molar-refractivity contribution in [3.63, 3.8) is 0 Å². The second-order valence-corrected chi connectivity index (χ2v) is 5.03. The van der Waals surface area contributed by atoms with Gasteiger partial charge in [0, 0.05) is 25.2 Å². The van der Waals surface area contributed by atoms with E-state index in [1.165, 1.54) is 32.1 Å². The Morgan fingerprint density at radius 1 is 1.24 bits per heavy atom. The van der Waals surface area contributed by atoms with Crippen LogP contribution >= 0.6 is 0 Å². The van der Waals surface area contributed by atoms with Crippen LogP contribution in [-0.4, -0.2) is 23.4 Å². The number of anilines is 1. The summed E-state index contributed by atoms with van der Waals surface area (Å²) in [6.07, 6.45) is 8.95. The normalized spacial score (nSPS) is 21.4. The van der Waals surface area contributed by atoms with Crippen LogP contribution in [0.5, 0.6) is 0 Å². The molecule has 0 N–H and O–H groups in total. The van der Waals surface area contributed by atoms with Crippen molar-refractivity contribution in [2.75, 3.05) is 11.4 Å². The summed E-state index contributed by atoms with van der Waals surface area (Å²) in [4.78, 5) is 18.6. The lowest BCUT2D eigenvalue weighted by Crippen LogP contribution is -2.42. The zero-order valence-electron chi connectivity index (χ0n) is 10.1. The van der Waals surface area contributed by atoms with Crippen LogP contribution in [0.1, 0.15) is 48.9 Å². The third-order valence-corrected chi connectivity index (χ3v) is 3.95. The number of hydrogen-bond donors (Lipinski definition) is 0. The molecule has 90 valence electrons. The average molecular weight is 230 g/mol. The fourth-order valence-corrected chi connectivity index (χ4v) is 3.05. The number of nitrogens with zero attached hydrogens (tertiary/aromatic N) is 2. The molecule has 0 bridgehead atoms. The minimum atomic E-state index is 0.250. The third-order valence-electron chi connectivity index (χ3n) is 3.95. The summed E-state index contributed by atoms with van der Waals surface area (Å²) < 4.78 is 0. The van der Waals surface area contributed by atoms with E-state index in [4.69, 9.17) is 0 Å². The zero-order valence-corrected chi connectivity index (χ0v) is 10.1. The number of pyridine rings is 1. The maximum absolute atomic E-state index is 11.8. The van der Waals surface area contributed by atoms with Crippen LogP contribution in [0.15, 0.2) is 18.3 Å². The van der Waals surface area contributed by atoms with Crippen molar-refractivity contribution in [1.29, 1.82) is 0 Å². The van der Waals surface area contributed by atoms with E-state index >= 15 is 0 Å². The Kier molecular flexibility index (Phi) is 2.83. The summed E-state index contributed by atoms with van der Waals surface area (Å²) in [5, 5.41) is 0. The van der Waals surface area contributed by atoms with E-state index in [0.717, 1.165) is 17.9 Å².